The van der Waals surface area contributed by atoms with Crippen LogP contribution in [0.25, 0.3) is 0 Å². The van der Waals surface area contributed by atoms with Crippen molar-refractivity contribution in [2.24, 2.45) is 0 Å². The average molecular weight is 368 g/mol. The minimum absolute atomic E-state index is 0.212. The highest BCUT2D eigenvalue weighted by molar-refractivity contribution is 9.10. The van der Waals surface area contributed by atoms with Gasteiger partial charge in [-0.1, -0.05) is 12.1 Å². The maximum absolute atomic E-state index is 5.68. The zero-order valence-electron chi connectivity index (χ0n) is 12.9. The standard InChI is InChI=1S/C17H22BrNOS/c1-11(2)20-16-7-5-14(6-8-16)12(3)19-13(4)17-9-15(18)10-21-17/h5-13,19H,1-4H3. The molecule has 0 saturated heterocycles. The predicted octanol–water partition coefficient (Wildman–Crippen LogP) is 5.71. The largest absolute Gasteiger partial charge is 0.491 e. The molecular weight excluding hydrogens is 346 g/mol. The smallest absolute Gasteiger partial charge is 0.119 e. The van der Waals surface area contributed by atoms with Crippen molar-refractivity contribution in [2.45, 2.75) is 45.9 Å². The van der Waals surface area contributed by atoms with E-state index in [-0.39, 0.29) is 6.10 Å². The number of thiophene rings is 1. The number of hydrogen-bond donors (Lipinski definition) is 1. The first kappa shape index (κ1) is 16.5. The molecule has 2 atom stereocenters. The Morgan fingerprint density at radius 3 is 2.24 bits per heavy atom. The molecule has 0 aliphatic rings. The number of nitrogens with one attached hydrogen (secondary N) is 1. The molecule has 0 amide bonds. The Hall–Kier alpha value is -0.840. The Morgan fingerprint density at radius 1 is 1.05 bits per heavy atom. The van der Waals surface area contributed by atoms with Crippen LogP contribution in [0, 0.1) is 0 Å². The van der Waals surface area contributed by atoms with Gasteiger partial charge in [0.15, 0.2) is 0 Å². The van der Waals surface area contributed by atoms with Crippen LogP contribution in [0.1, 0.15) is 50.2 Å². The van der Waals surface area contributed by atoms with Crippen LogP contribution in [0.5, 0.6) is 5.75 Å². The Bertz CT molecular complexity index is 564. The zero-order chi connectivity index (χ0) is 15.4. The van der Waals surface area contributed by atoms with E-state index in [2.05, 4.69) is 58.7 Å². The molecule has 0 aliphatic carbocycles. The minimum atomic E-state index is 0.212. The summed E-state index contributed by atoms with van der Waals surface area (Å²) in [6.07, 6.45) is 0.212. The molecule has 21 heavy (non-hydrogen) atoms. The average Bonchev–Trinajstić information content (AvgIpc) is 2.85. The van der Waals surface area contributed by atoms with E-state index in [0.717, 1.165) is 10.2 Å². The van der Waals surface area contributed by atoms with Crippen molar-refractivity contribution >= 4 is 27.3 Å². The first-order valence-corrected chi connectivity index (χ1v) is 8.89. The van der Waals surface area contributed by atoms with Crippen LogP contribution in [0.2, 0.25) is 0 Å². The third-order valence-electron chi connectivity index (χ3n) is 3.27. The molecule has 1 N–H and O–H groups in total. The van der Waals surface area contributed by atoms with Crippen molar-refractivity contribution in [1.82, 2.24) is 5.32 Å². The second kappa shape index (κ2) is 7.43. The van der Waals surface area contributed by atoms with Crippen LogP contribution in [0.15, 0.2) is 40.2 Å². The van der Waals surface area contributed by atoms with Crippen molar-refractivity contribution in [3.05, 3.63) is 50.6 Å². The van der Waals surface area contributed by atoms with Crippen LogP contribution in [-0.4, -0.2) is 6.10 Å². The Labute approximate surface area is 139 Å². The molecule has 4 heteroatoms. The van der Waals surface area contributed by atoms with E-state index in [0.29, 0.717) is 12.1 Å². The van der Waals surface area contributed by atoms with Crippen molar-refractivity contribution in [2.75, 3.05) is 0 Å². The van der Waals surface area contributed by atoms with Gasteiger partial charge in [-0.2, -0.15) is 0 Å². The zero-order valence-corrected chi connectivity index (χ0v) is 15.3. The normalized spacial score (nSPS) is 14.2. The van der Waals surface area contributed by atoms with E-state index in [9.17, 15) is 0 Å². The molecule has 2 nitrogen and oxygen atoms in total. The molecule has 2 aromatic rings. The van der Waals surface area contributed by atoms with Gasteiger partial charge in [0.25, 0.3) is 0 Å². The highest BCUT2D eigenvalue weighted by Crippen LogP contribution is 2.27. The van der Waals surface area contributed by atoms with E-state index < -0.39 is 0 Å². The minimum Gasteiger partial charge on any atom is -0.491 e. The van der Waals surface area contributed by atoms with E-state index in [1.165, 1.54) is 10.4 Å². The number of rotatable bonds is 6. The summed E-state index contributed by atoms with van der Waals surface area (Å²) in [6.45, 7) is 8.47. The first-order valence-electron chi connectivity index (χ1n) is 7.22. The van der Waals surface area contributed by atoms with Crippen LogP contribution in [0.3, 0.4) is 0 Å². The Kier molecular flexibility index (Phi) is 5.85. The predicted molar refractivity (Wildman–Crippen MR) is 94.2 cm³/mol. The fourth-order valence-electron chi connectivity index (χ4n) is 2.22. The molecule has 2 rings (SSSR count). The van der Waals surface area contributed by atoms with Gasteiger partial charge < -0.3 is 10.1 Å². The second-order valence-electron chi connectivity index (χ2n) is 5.51. The lowest BCUT2D eigenvalue weighted by Gasteiger charge is -2.20. The highest BCUT2D eigenvalue weighted by atomic mass is 79.9. The molecule has 0 saturated carbocycles. The van der Waals surface area contributed by atoms with Crippen LogP contribution < -0.4 is 10.1 Å². The molecule has 114 valence electrons. The third-order valence-corrected chi connectivity index (χ3v) is 5.14. The van der Waals surface area contributed by atoms with Gasteiger partial charge in [-0.05, 0) is 67.4 Å². The lowest BCUT2D eigenvalue weighted by Crippen LogP contribution is -2.21. The molecular formula is C17H22BrNOS. The summed E-state index contributed by atoms with van der Waals surface area (Å²) >= 11 is 5.28. The molecule has 2 unspecified atom stereocenters. The highest BCUT2D eigenvalue weighted by Gasteiger charge is 2.13. The molecule has 1 aromatic carbocycles. The second-order valence-corrected chi connectivity index (χ2v) is 7.37. The first-order chi connectivity index (χ1) is 9.95. The van der Waals surface area contributed by atoms with Gasteiger partial charge in [-0.25, -0.2) is 0 Å². The van der Waals surface area contributed by atoms with E-state index in [1.54, 1.807) is 11.3 Å². The number of hydrogen-bond acceptors (Lipinski definition) is 3. The van der Waals surface area contributed by atoms with Crippen LogP contribution in [-0.2, 0) is 0 Å². The van der Waals surface area contributed by atoms with E-state index in [4.69, 9.17) is 4.74 Å². The molecule has 0 spiro atoms. The summed E-state index contributed by atoms with van der Waals surface area (Å²) in [6, 6.07) is 11.2. The van der Waals surface area contributed by atoms with Gasteiger partial charge in [0, 0.05) is 26.8 Å². The van der Waals surface area contributed by atoms with E-state index in [1.807, 2.05) is 26.0 Å². The van der Waals surface area contributed by atoms with Crippen molar-refractivity contribution in [3.63, 3.8) is 0 Å². The van der Waals surface area contributed by atoms with Crippen LogP contribution >= 0.6 is 27.3 Å². The van der Waals surface area contributed by atoms with Crippen molar-refractivity contribution < 1.29 is 4.74 Å². The van der Waals surface area contributed by atoms with E-state index >= 15 is 0 Å². The Morgan fingerprint density at radius 2 is 1.71 bits per heavy atom. The maximum Gasteiger partial charge on any atom is 0.119 e. The number of ether oxygens (including phenoxy) is 1. The number of halogens is 1. The monoisotopic (exact) mass is 367 g/mol. The summed E-state index contributed by atoms with van der Waals surface area (Å²) in [4.78, 5) is 1.34. The molecule has 0 fully saturated rings. The third kappa shape index (κ3) is 4.83. The van der Waals surface area contributed by atoms with Gasteiger partial charge in [0.1, 0.15) is 5.75 Å². The van der Waals surface area contributed by atoms with Gasteiger partial charge in [0.05, 0.1) is 6.10 Å². The van der Waals surface area contributed by atoms with Crippen molar-refractivity contribution in [3.8, 4) is 5.75 Å². The van der Waals surface area contributed by atoms with Gasteiger partial charge in [-0.15, -0.1) is 11.3 Å². The van der Waals surface area contributed by atoms with Crippen LogP contribution in [0.4, 0.5) is 0 Å². The maximum atomic E-state index is 5.68. The summed E-state index contributed by atoms with van der Waals surface area (Å²) in [5, 5.41) is 5.76. The molecule has 0 radical (unpaired) electrons. The summed E-state index contributed by atoms with van der Waals surface area (Å²) in [5.41, 5.74) is 1.27. The van der Waals surface area contributed by atoms with Gasteiger partial charge in [0.2, 0.25) is 0 Å². The quantitative estimate of drug-likeness (QED) is 0.705. The van der Waals surface area contributed by atoms with Crippen molar-refractivity contribution in [1.29, 1.82) is 0 Å². The fourth-order valence-corrected chi connectivity index (χ4v) is 3.68. The molecule has 0 aliphatic heterocycles. The number of benzene rings is 1. The molecule has 1 heterocycles. The lowest BCUT2D eigenvalue weighted by molar-refractivity contribution is 0.242. The molecule has 1 aromatic heterocycles. The Balaban J connectivity index is 1.98. The summed E-state index contributed by atoms with van der Waals surface area (Å²) in [5.74, 6) is 0.927. The van der Waals surface area contributed by atoms with Gasteiger partial charge >= 0.3 is 0 Å². The summed E-state index contributed by atoms with van der Waals surface area (Å²) in [7, 11) is 0. The lowest BCUT2D eigenvalue weighted by atomic mass is 10.1. The molecule has 0 bridgehead atoms. The summed E-state index contributed by atoms with van der Waals surface area (Å²) < 4.78 is 6.83. The topological polar surface area (TPSA) is 21.3 Å². The van der Waals surface area contributed by atoms with Gasteiger partial charge in [-0.3, -0.25) is 0 Å². The fraction of sp³-hybridized carbons (Fsp3) is 0.412. The SMILES string of the molecule is CC(C)Oc1ccc(C(C)NC(C)c2cc(Br)cs2)cc1.